The Kier molecular flexibility index (Phi) is 4.12. The number of ether oxygens (including phenoxy) is 1. The number of morpholine rings is 1. The van der Waals surface area contributed by atoms with Crippen molar-refractivity contribution in [3.05, 3.63) is 47.8 Å². The second-order valence-electron chi connectivity index (χ2n) is 5.46. The minimum absolute atomic E-state index is 0.0638. The highest BCUT2D eigenvalue weighted by Crippen LogP contribution is 2.14. The van der Waals surface area contributed by atoms with Gasteiger partial charge in [-0.3, -0.25) is 4.79 Å². The molecule has 3 rings (SSSR count). The van der Waals surface area contributed by atoms with E-state index in [0.717, 1.165) is 11.3 Å². The molecule has 0 spiro atoms. The molecule has 2 aromatic rings. The lowest BCUT2D eigenvalue weighted by molar-refractivity contribution is -0.154. The van der Waals surface area contributed by atoms with Crippen LogP contribution in [0.1, 0.15) is 15.9 Å². The molecule has 120 valence electrons. The molecule has 2 heterocycles. The standard InChI is InChI=1S/C16H17N3O4/c1-11-8-17-19(9-11)13-4-2-12(3-5-13)15(20)18-6-7-23-14(10-18)16(21)22/h2-5,8-9,14H,6-7,10H2,1H3,(H,21,22)/t14-/m1/s1. The summed E-state index contributed by atoms with van der Waals surface area (Å²) >= 11 is 0. The van der Waals surface area contributed by atoms with Crippen molar-refractivity contribution < 1.29 is 19.4 Å². The van der Waals surface area contributed by atoms with Crippen molar-refractivity contribution in [1.82, 2.24) is 14.7 Å². The molecule has 0 saturated carbocycles. The molecular weight excluding hydrogens is 298 g/mol. The summed E-state index contributed by atoms with van der Waals surface area (Å²) in [4.78, 5) is 25.0. The first kappa shape index (κ1) is 15.2. The Morgan fingerprint density at radius 1 is 1.30 bits per heavy atom. The maximum Gasteiger partial charge on any atom is 0.334 e. The maximum atomic E-state index is 12.5. The summed E-state index contributed by atoms with van der Waals surface area (Å²) < 4.78 is 6.86. The molecule has 1 aliphatic heterocycles. The molecule has 1 fully saturated rings. The average molecular weight is 315 g/mol. The van der Waals surface area contributed by atoms with Gasteiger partial charge < -0.3 is 14.7 Å². The number of aryl methyl sites for hydroxylation is 1. The highest BCUT2D eigenvalue weighted by molar-refractivity contribution is 5.94. The number of aromatic nitrogens is 2. The van der Waals surface area contributed by atoms with Crippen LogP contribution in [0.3, 0.4) is 0 Å². The van der Waals surface area contributed by atoms with Crippen molar-refractivity contribution >= 4 is 11.9 Å². The number of carboxylic acid groups (broad SMARTS) is 1. The van der Waals surface area contributed by atoms with Crippen LogP contribution in [0.5, 0.6) is 0 Å². The number of aliphatic carboxylic acids is 1. The summed E-state index contributed by atoms with van der Waals surface area (Å²) in [6.07, 6.45) is 2.70. The van der Waals surface area contributed by atoms with Crippen LogP contribution in [0.4, 0.5) is 0 Å². The highest BCUT2D eigenvalue weighted by Gasteiger charge is 2.29. The SMILES string of the molecule is Cc1cnn(-c2ccc(C(=O)N3CCO[C@@H](C(=O)O)C3)cc2)c1. The van der Waals surface area contributed by atoms with E-state index in [-0.39, 0.29) is 19.1 Å². The third-order valence-corrected chi connectivity index (χ3v) is 3.72. The zero-order valence-corrected chi connectivity index (χ0v) is 12.7. The van der Waals surface area contributed by atoms with Crippen molar-refractivity contribution in [1.29, 1.82) is 0 Å². The third kappa shape index (κ3) is 3.24. The summed E-state index contributed by atoms with van der Waals surface area (Å²) in [7, 11) is 0. The Labute approximate surface area is 133 Å². The van der Waals surface area contributed by atoms with Crippen LogP contribution in [-0.2, 0) is 9.53 Å². The normalized spacial score (nSPS) is 18.0. The molecule has 0 unspecified atom stereocenters. The number of carbonyl (C=O) groups excluding carboxylic acids is 1. The molecule has 1 aromatic heterocycles. The monoisotopic (exact) mass is 315 g/mol. The maximum absolute atomic E-state index is 12.5. The van der Waals surface area contributed by atoms with E-state index < -0.39 is 12.1 Å². The summed E-state index contributed by atoms with van der Waals surface area (Å²) in [6, 6.07) is 7.07. The van der Waals surface area contributed by atoms with Gasteiger partial charge in [0.05, 0.1) is 25.0 Å². The van der Waals surface area contributed by atoms with Crippen LogP contribution in [0.2, 0.25) is 0 Å². The molecule has 1 N–H and O–H groups in total. The molecule has 7 heteroatoms. The van der Waals surface area contributed by atoms with Gasteiger partial charge in [-0.1, -0.05) is 0 Å². The number of hydrogen-bond donors (Lipinski definition) is 1. The number of amides is 1. The second-order valence-corrected chi connectivity index (χ2v) is 5.46. The number of nitrogens with zero attached hydrogens (tertiary/aromatic N) is 3. The van der Waals surface area contributed by atoms with E-state index in [1.54, 1.807) is 23.0 Å². The van der Waals surface area contributed by atoms with E-state index in [0.29, 0.717) is 12.1 Å². The minimum atomic E-state index is -1.05. The highest BCUT2D eigenvalue weighted by atomic mass is 16.5. The molecule has 1 aliphatic rings. The van der Waals surface area contributed by atoms with Gasteiger partial charge in [-0.2, -0.15) is 5.10 Å². The van der Waals surface area contributed by atoms with Gasteiger partial charge in [0, 0.05) is 18.3 Å². The van der Waals surface area contributed by atoms with Gasteiger partial charge in [-0.05, 0) is 36.8 Å². The predicted octanol–water partition coefficient (Wildman–Crippen LogP) is 1.11. The first-order valence-corrected chi connectivity index (χ1v) is 7.30. The fourth-order valence-corrected chi connectivity index (χ4v) is 2.48. The summed E-state index contributed by atoms with van der Waals surface area (Å²) in [5, 5.41) is 13.2. The Hall–Kier alpha value is -2.67. The Balaban J connectivity index is 1.74. The average Bonchev–Trinajstić information content (AvgIpc) is 3.01. The molecule has 23 heavy (non-hydrogen) atoms. The zero-order valence-electron chi connectivity index (χ0n) is 12.7. The van der Waals surface area contributed by atoms with Crippen LogP contribution in [0, 0.1) is 6.92 Å². The Bertz CT molecular complexity index is 723. The first-order chi connectivity index (χ1) is 11.0. The number of carbonyl (C=O) groups is 2. The second kappa shape index (κ2) is 6.21. The van der Waals surface area contributed by atoms with E-state index in [1.807, 2.05) is 25.3 Å². The van der Waals surface area contributed by atoms with Gasteiger partial charge in [-0.15, -0.1) is 0 Å². The molecule has 0 radical (unpaired) electrons. The topological polar surface area (TPSA) is 84.7 Å². The van der Waals surface area contributed by atoms with E-state index in [1.165, 1.54) is 4.90 Å². The Morgan fingerprint density at radius 3 is 2.65 bits per heavy atom. The van der Waals surface area contributed by atoms with Gasteiger partial charge in [0.15, 0.2) is 6.10 Å². The summed E-state index contributed by atoms with van der Waals surface area (Å²) in [5.74, 6) is -1.24. The van der Waals surface area contributed by atoms with Crippen molar-refractivity contribution in [2.75, 3.05) is 19.7 Å². The first-order valence-electron chi connectivity index (χ1n) is 7.30. The molecule has 1 aromatic carbocycles. The lowest BCUT2D eigenvalue weighted by atomic mass is 10.1. The summed E-state index contributed by atoms with van der Waals surface area (Å²) in [5.41, 5.74) is 2.43. The van der Waals surface area contributed by atoms with Gasteiger partial charge in [0.25, 0.3) is 5.91 Å². The molecule has 1 saturated heterocycles. The smallest absolute Gasteiger partial charge is 0.334 e. The van der Waals surface area contributed by atoms with E-state index >= 15 is 0 Å². The van der Waals surface area contributed by atoms with Gasteiger partial charge in [-0.25, -0.2) is 9.48 Å². The predicted molar refractivity (Wildman–Crippen MR) is 81.6 cm³/mol. The summed E-state index contributed by atoms with van der Waals surface area (Å²) in [6.45, 7) is 2.64. The van der Waals surface area contributed by atoms with Crippen LogP contribution >= 0.6 is 0 Å². The third-order valence-electron chi connectivity index (χ3n) is 3.72. The van der Waals surface area contributed by atoms with E-state index in [2.05, 4.69) is 5.10 Å². The van der Waals surface area contributed by atoms with Crippen LogP contribution in [0.25, 0.3) is 5.69 Å². The van der Waals surface area contributed by atoms with Gasteiger partial charge in [0.2, 0.25) is 0 Å². The number of benzene rings is 1. The number of rotatable bonds is 3. The molecular formula is C16H17N3O4. The zero-order chi connectivity index (χ0) is 16.4. The quantitative estimate of drug-likeness (QED) is 0.917. The fraction of sp³-hybridized carbons (Fsp3) is 0.312. The van der Waals surface area contributed by atoms with Crippen LogP contribution in [-0.4, -0.2) is 57.5 Å². The molecule has 0 bridgehead atoms. The molecule has 0 aliphatic carbocycles. The molecule has 1 amide bonds. The Morgan fingerprint density at radius 2 is 2.04 bits per heavy atom. The molecule has 7 nitrogen and oxygen atoms in total. The number of carboxylic acids is 1. The van der Waals surface area contributed by atoms with E-state index in [4.69, 9.17) is 9.84 Å². The molecule has 1 atom stereocenters. The van der Waals surface area contributed by atoms with Crippen molar-refractivity contribution in [3.63, 3.8) is 0 Å². The van der Waals surface area contributed by atoms with Gasteiger partial charge >= 0.3 is 5.97 Å². The van der Waals surface area contributed by atoms with Crippen molar-refractivity contribution in [3.8, 4) is 5.69 Å². The largest absolute Gasteiger partial charge is 0.479 e. The van der Waals surface area contributed by atoms with Crippen LogP contribution < -0.4 is 0 Å². The fourth-order valence-electron chi connectivity index (χ4n) is 2.48. The van der Waals surface area contributed by atoms with Crippen molar-refractivity contribution in [2.24, 2.45) is 0 Å². The number of hydrogen-bond acceptors (Lipinski definition) is 4. The van der Waals surface area contributed by atoms with E-state index in [9.17, 15) is 9.59 Å². The lowest BCUT2D eigenvalue weighted by Gasteiger charge is -2.30. The minimum Gasteiger partial charge on any atom is -0.479 e. The van der Waals surface area contributed by atoms with Gasteiger partial charge in [0.1, 0.15) is 0 Å². The lowest BCUT2D eigenvalue weighted by Crippen LogP contribution is -2.48. The van der Waals surface area contributed by atoms with Crippen LogP contribution in [0.15, 0.2) is 36.7 Å². The van der Waals surface area contributed by atoms with Crippen molar-refractivity contribution in [2.45, 2.75) is 13.0 Å².